The second-order valence-corrected chi connectivity index (χ2v) is 6.23. The van der Waals surface area contributed by atoms with Gasteiger partial charge in [-0.3, -0.25) is 14.6 Å². The first-order valence-electron chi connectivity index (χ1n) is 7.06. The van der Waals surface area contributed by atoms with Gasteiger partial charge in [-0.25, -0.2) is 0 Å². The predicted octanol–water partition coefficient (Wildman–Crippen LogP) is 1.75. The average Bonchev–Trinajstić information content (AvgIpc) is 2.96. The van der Waals surface area contributed by atoms with Gasteiger partial charge in [0.25, 0.3) is 0 Å². The number of carbonyl (C=O) groups is 2. The van der Waals surface area contributed by atoms with Crippen LogP contribution in [-0.4, -0.2) is 33.0 Å². The Morgan fingerprint density at radius 1 is 1.35 bits per heavy atom. The fourth-order valence-corrected chi connectivity index (χ4v) is 2.40. The Labute approximate surface area is 138 Å². The molecule has 2 aromatic rings. The Balaban J connectivity index is 1.69. The summed E-state index contributed by atoms with van der Waals surface area (Å²) in [5, 5.41) is 8.76. The van der Waals surface area contributed by atoms with Gasteiger partial charge < -0.3 is 15.2 Å². The van der Waals surface area contributed by atoms with Crippen LogP contribution in [0.1, 0.15) is 18.2 Å². The van der Waals surface area contributed by atoms with Gasteiger partial charge in [-0.2, -0.15) is 0 Å². The van der Waals surface area contributed by atoms with E-state index in [1.807, 2.05) is 12.1 Å². The van der Waals surface area contributed by atoms with E-state index in [0.29, 0.717) is 18.1 Å². The molecule has 1 unspecified atom stereocenters. The molecule has 0 saturated heterocycles. The lowest BCUT2D eigenvalue weighted by Crippen LogP contribution is -2.28. The van der Waals surface area contributed by atoms with E-state index in [1.54, 1.807) is 32.3 Å². The van der Waals surface area contributed by atoms with Crippen molar-refractivity contribution in [2.45, 2.75) is 25.6 Å². The molecular weight excluding hydrogens is 316 g/mol. The van der Waals surface area contributed by atoms with Crippen LogP contribution in [-0.2, 0) is 16.1 Å². The number of rotatable bonds is 7. The minimum absolute atomic E-state index is 0.122. The molecule has 23 heavy (non-hydrogen) atoms. The molecule has 2 heterocycles. The summed E-state index contributed by atoms with van der Waals surface area (Å²) in [6.07, 6.45) is 3.35. The molecule has 2 rings (SSSR count). The number of nitrogens with zero attached hydrogens (tertiary/aromatic N) is 2. The van der Waals surface area contributed by atoms with Crippen molar-refractivity contribution in [3.8, 4) is 0 Å². The smallest absolute Gasteiger partial charge is 0.238 e. The Morgan fingerprint density at radius 3 is 2.74 bits per heavy atom. The SMILES string of the molecule is Cc1cc(NC(=O)C(C)SCC(=O)NCc2ccncc2)no1. The van der Waals surface area contributed by atoms with E-state index in [-0.39, 0.29) is 22.8 Å². The third kappa shape index (κ3) is 5.74. The maximum absolute atomic E-state index is 12.0. The van der Waals surface area contributed by atoms with Crippen molar-refractivity contribution in [1.82, 2.24) is 15.5 Å². The molecule has 0 aliphatic heterocycles. The van der Waals surface area contributed by atoms with Crippen molar-refractivity contribution in [2.75, 3.05) is 11.1 Å². The van der Waals surface area contributed by atoms with E-state index < -0.39 is 0 Å². The summed E-state index contributed by atoms with van der Waals surface area (Å²) in [5.74, 6) is 0.865. The molecule has 122 valence electrons. The molecule has 0 radical (unpaired) electrons. The minimum atomic E-state index is -0.376. The number of amides is 2. The second kappa shape index (κ2) is 8.33. The number of hydrogen-bond acceptors (Lipinski definition) is 6. The Bertz CT molecular complexity index is 660. The molecule has 0 aromatic carbocycles. The van der Waals surface area contributed by atoms with Crippen LogP contribution in [0.3, 0.4) is 0 Å². The minimum Gasteiger partial charge on any atom is -0.360 e. The van der Waals surface area contributed by atoms with Gasteiger partial charge in [0.05, 0.1) is 11.0 Å². The van der Waals surface area contributed by atoms with Crippen molar-refractivity contribution in [3.63, 3.8) is 0 Å². The lowest BCUT2D eigenvalue weighted by molar-refractivity contribution is -0.118. The van der Waals surface area contributed by atoms with E-state index in [0.717, 1.165) is 5.56 Å². The zero-order valence-electron chi connectivity index (χ0n) is 12.9. The number of aryl methyl sites for hydroxylation is 1. The molecule has 2 N–H and O–H groups in total. The molecule has 0 fully saturated rings. The molecule has 0 aliphatic rings. The highest BCUT2D eigenvalue weighted by Crippen LogP contribution is 2.14. The van der Waals surface area contributed by atoms with Gasteiger partial charge in [0.15, 0.2) is 5.82 Å². The zero-order valence-corrected chi connectivity index (χ0v) is 13.7. The number of carbonyl (C=O) groups excluding carboxylic acids is 2. The summed E-state index contributed by atoms with van der Waals surface area (Å²) in [5.41, 5.74) is 0.977. The first-order chi connectivity index (χ1) is 11.0. The average molecular weight is 334 g/mol. The normalized spacial score (nSPS) is 11.7. The predicted molar refractivity (Wildman–Crippen MR) is 87.9 cm³/mol. The molecule has 2 amide bonds. The summed E-state index contributed by atoms with van der Waals surface area (Å²) in [6, 6.07) is 5.31. The van der Waals surface area contributed by atoms with Crippen LogP contribution in [0.25, 0.3) is 0 Å². The van der Waals surface area contributed by atoms with Crippen molar-refractivity contribution < 1.29 is 14.1 Å². The monoisotopic (exact) mass is 334 g/mol. The highest BCUT2D eigenvalue weighted by Gasteiger charge is 2.16. The van der Waals surface area contributed by atoms with Crippen molar-refractivity contribution in [2.24, 2.45) is 0 Å². The highest BCUT2D eigenvalue weighted by atomic mass is 32.2. The molecule has 0 saturated carbocycles. The van der Waals surface area contributed by atoms with Gasteiger partial charge in [0.2, 0.25) is 11.8 Å². The third-order valence-corrected chi connectivity index (χ3v) is 4.09. The maximum atomic E-state index is 12.0. The number of nitrogens with one attached hydrogen (secondary N) is 2. The van der Waals surface area contributed by atoms with Gasteiger partial charge in [-0.05, 0) is 31.5 Å². The summed E-state index contributed by atoms with van der Waals surface area (Å²) in [7, 11) is 0. The van der Waals surface area contributed by atoms with E-state index in [1.165, 1.54) is 11.8 Å². The lowest BCUT2D eigenvalue weighted by atomic mass is 10.3. The van der Waals surface area contributed by atoms with E-state index >= 15 is 0 Å². The van der Waals surface area contributed by atoms with E-state index in [2.05, 4.69) is 20.8 Å². The standard InChI is InChI=1S/C15H18N4O3S/c1-10-7-13(19-22-10)18-15(21)11(2)23-9-14(20)17-8-12-3-5-16-6-4-12/h3-7,11H,8-9H2,1-2H3,(H,17,20)(H,18,19,21). The Morgan fingerprint density at radius 2 is 2.09 bits per heavy atom. The largest absolute Gasteiger partial charge is 0.360 e. The van der Waals surface area contributed by atoms with Crippen LogP contribution < -0.4 is 10.6 Å². The quantitative estimate of drug-likeness (QED) is 0.801. The van der Waals surface area contributed by atoms with Crippen molar-refractivity contribution >= 4 is 29.4 Å². The number of hydrogen-bond donors (Lipinski definition) is 2. The van der Waals surface area contributed by atoms with Crippen LogP contribution in [0, 0.1) is 6.92 Å². The zero-order chi connectivity index (χ0) is 16.7. The molecule has 0 spiro atoms. The van der Waals surface area contributed by atoms with Crippen LogP contribution in [0.15, 0.2) is 35.1 Å². The summed E-state index contributed by atoms with van der Waals surface area (Å²) >= 11 is 1.26. The summed E-state index contributed by atoms with van der Waals surface area (Å²) in [6.45, 7) is 3.93. The lowest BCUT2D eigenvalue weighted by Gasteiger charge is -2.10. The van der Waals surface area contributed by atoms with E-state index in [9.17, 15) is 9.59 Å². The molecule has 0 aliphatic carbocycles. The Kier molecular flexibility index (Phi) is 6.16. The molecule has 1 atom stereocenters. The fraction of sp³-hybridized carbons (Fsp3) is 0.333. The topological polar surface area (TPSA) is 97.1 Å². The van der Waals surface area contributed by atoms with Crippen LogP contribution >= 0.6 is 11.8 Å². The Hall–Kier alpha value is -2.35. The van der Waals surface area contributed by atoms with Gasteiger partial charge in [-0.15, -0.1) is 11.8 Å². The number of thioether (sulfide) groups is 1. The molecule has 7 nitrogen and oxygen atoms in total. The third-order valence-electron chi connectivity index (χ3n) is 2.95. The molecule has 0 bridgehead atoms. The van der Waals surface area contributed by atoms with Gasteiger partial charge in [0, 0.05) is 25.0 Å². The second-order valence-electron chi connectivity index (χ2n) is 4.90. The van der Waals surface area contributed by atoms with Gasteiger partial charge in [-0.1, -0.05) is 5.16 Å². The van der Waals surface area contributed by atoms with Gasteiger partial charge >= 0.3 is 0 Å². The van der Waals surface area contributed by atoms with Crippen LogP contribution in [0.5, 0.6) is 0 Å². The number of anilines is 1. The summed E-state index contributed by atoms with van der Waals surface area (Å²) in [4.78, 5) is 27.7. The highest BCUT2D eigenvalue weighted by molar-refractivity contribution is 8.01. The van der Waals surface area contributed by atoms with E-state index in [4.69, 9.17) is 4.52 Å². The van der Waals surface area contributed by atoms with Crippen LogP contribution in [0.2, 0.25) is 0 Å². The van der Waals surface area contributed by atoms with Crippen molar-refractivity contribution in [3.05, 3.63) is 41.9 Å². The fourth-order valence-electron chi connectivity index (χ4n) is 1.68. The summed E-state index contributed by atoms with van der Waals surface area (Å²) < 4.78 is 4.88. The molecular formula is C15H18N4O3S. The molecule has 2 aromatic heterocycles. The maximum Gasteiger partial charge on any atom is 0.238 e. The van der Waals surface area contributed by atoms with Crippen LogP contribution in [0.4, 0.5) is 5.82 Å². The number of aromatic nitrogens is 2. The first-order valence-corrected chi connectivity index (χ1v) is 8.11. The number of pyridine rings is 1. The van der Waals surface area contributed by atoms with Crippen molar-refractivity contribution in [1.29, 1.82) is 0 Å². The molecule has 8 heteroatoms. The first kappa shape index (κ1) is 17.0. The van der Waals surface area contributed by atoms with Gasteiger partial charge in [0.1, 0.15) is 5.76 Å².